The quantitative estimate of drug-likeness (QED) is 0.427. The highest BCUT2D eigenvalue weighted by Gasteiger charge is 2.28. The van der Waals surface area contributed by atoms with Crippen molar-refractivity contribution in [2.75, 3.05) is 52.1 Å². The molecular weight excluding hydrogens is 462 g/mol. The van der Waals surface area contributed by atoms with Gasteiger partial charge >= 0.3 is 0 Å². The molecule has 33 heavy (non-hydrogen) atoms. The van der Waals surface area contributed by atoms with Crippen LogP contribution in [0, 0.1) is 0 Å². The Morgan fingerprint density at radius 3 is 2.33 bits per heavy atom. The predicted molar refractivity (Wildman–Crippen MR) is 132 cm³/mol. The Kier molecular flexibility index (Phi) is 7.93. The fourth-order valence-electron chi connectivity index (χ4n) is 3.43. The summed E-state index contributed by atoms with van der Waals surface area (Å²) in [6.45, 7) is 2.70. The van der Waals surface area contributed by atoms with E-state index in [0.717, 1.165) is 11.2 Å². The van der Waals surface area contributed by atoms with E-state index in [1.54, 1.807) is 56.4 Å². The molecule has 0 saturated heterocycles. The molecule has 0 unspecified atom stereocenters. The van der Waals surface area contributed by atoms with Crippen molar-refractivity contribution in [1.82, 2.24) is 9.88 Å². The summed E-state index contributed by atoms with van der Waals surface area (Å²) >= 11 is 1.31. The molecule has 2 aromatic carbocycles. The minimum absolute atomic E-state index is 0.0337. The Morgan fingerprint density at radius 2 is 1.70 bits per heavy atom. The first-order valence-corrected chi connectivity index (χ1v) is 13.0. The molecule has 8 nitrogen and oxygen atoms in total. The molecule has 0 N–H and O–H groups in total. The molecule has 1 heterocycles. The van der Waals surface area contributed by atoms with Crippen molar-refractivity contribution in [2.24, 2.45) is 0 Å². The molecule has 3 aromatic rings. The van der Waals surface area contributed by atoms with Gasteiger partial charge in [0.05, 0.1) is 30.4 Å². The normalized spacial score (nSPS) is 11.7. The van der Waals surface area contributed by atoms with Gasteiger partial charge in [-0.3, -0.25) is 9.69 Å². The van der Waals surface area contributed by atoms with E-state index in [2.05, 4.69) is 0 Å². The van der Waals surface area contributed by atoms with Crippen LogP contribution in [0.4, 0.5) is 5.13 Å². The van der Waals surface area contributed by atoms with Crippen LogP contribution in [-0.2, 0) is 9.84 Å². The second-order valence-corrected chi connectivity index (χ2v) is 10.9. The molecule has 0 atom stereocenters. The monoisotopic (exact) mass is 491 g/mol. The number of rotatable bonds is 10. The lowest BCUT2D eigenvalue weighted by Gasteiger charge is -2.22. The van der Waals surface area contributed by atoms with Gasteiger partial charge < -0.3 is 14.4 Å². The second kappa shape index (κ2) is 10.5. The number of hydrogen-bond acceptors (Lipinski definition) is 8. The summed E-state index contributed by atoms with van der Waals surface area (Å²) in [4.78, 5) is 22.1. The third kappa shape index (κ3) is 5.29. The maximum atomic E-state index is 13.7. The summed E-state index contributed by atoms with van der Waals surface area (Å²) in [5, 5.41) is 0.459. The van der Waals surface area contributed by atoms with E-state index in [4.69, 9.17) is 14.5 Å². The number of carbonyl (C=O) groups is 1. The molecule has 0 bridgehead atoms. The Balaban J connectivity index is 2.13. The number of ether oxygens (including phenoxy) is 2. The lowest BCUT2D eigenvalue weighted by atomic mass is 10.2. The number of anilines is 1. The molecule has 0 aliphatic carbocycles. The van der Waals surface area contributed by atoms with Gasteiger partial charge in [-0.15, -0.1) is 0 Å². The lowest BCUT2D eigenvalue weighted by molar-refractivity contribution is 0.0983. The summed E-state index contributed by atoms with van der Waals surface area (Å²) in [7, 11) is 3.48. The molecule has 178 valence electrons. The first kappa shape index (κ1) is 24.9. The number of benzene rings is 2. The van der Waals surface area contributed by atoms with Gasteiger partial charge in [-0.2, -0.15) is 0 Å². The van der Waals surface area contributed by atoms with Crippen LogP contribution in [0.15, 0.2) is 41.3 Å². The van der Waals surface area contributed by atoms with Crippen molar-refractivity contribution in [3.8, 4) is 11.5 Å². The van der Waals surface area contributed by atoms with Crippen LogP contribution < -0.4 is 14.4 Å². The minimum Gasteiger partial charge on any atom is -0.495 e. The average molecular weight is 492 g/mol. The van der Waals surface area contributed by atoms with Crippen LogP contribution in [0.5, 0.6) is 11.5 Å². The van der Waals surface area contributed by atoms with Crippen molar-refractivity contribution in [3.63, 3.8) is 0 Å². The van der Waals surface area contributed by atoms with Crippen molar-refractivity contribution in [1.29, 1.82) is 0 Å². The van der Waals surface area contributed by atoms with E-state index >= 15 is 0 Å². The van der Waals surface area contributed by atoms with Gasteiger partial charge in [0.25, 0.3) is 5.91 Å². The van der Waals surface area contributed by atoms with Crippen molar-refractivity contribution < 1.29 is 22.7 Å². The molecule has 0 radical (unpaired) electrons. The highest BCUT2D eigenvalue weighted by atomic mass is 32.2. The SMILES string of the molecule is CCS(=O)(=O)c1ccccc1C(=O)N(CCCN(C)C)c1nc2c(OC)ccc(OC)c2s1. The number of methoxy groups -OCH3 is 2. The second-order valence-electron chi connectivity index (χ2n) is 7.66. The average Bonchev–Trinajstić information content (AvgIpc) is 3.25. The first-order valence-electron chi connectivity index (χ1n) is 10.5. The maximum Gasteiger partial charge on any atom is 0.261 e. The Morgan fingerprint density at radius 1 is 1.03 bits per heavy atom. The predicted octanol–water partition coefficient (Wildman–Crippen LogP) is 3.71. The molecular formula is C23H29N3O5S2. The van der Waals surface area contributed by atoms with Crippen LogP contribution in [0.25, 0.3) is 10.2 Å². The van der Waals surface area contributed by atoms with Crippen LogP contribution in [0.2, 0.25) is 0 Å². The van der Waals surface area contributed by atoms with E-state index in [1.807, 2.05) is 19.0 Å². The zero-order chi connectivity index (χ0) is 24.2. The third-order valence-electron chi connectivity index (χ3n) is 5.19. The number of fused-ring (bicyclic) bond motifs is 1. The lowest BCUT2D eigenvalue weighted by Crippen LogP contribution is -2.34. The van der Waals surface area contributed by atoms with Gasteiger partial charge in [-0.1, -0.05) is 30.4 Å². The molecule has 0 saturated carbocycles. The molecule has 0 spiro atoms. The van der Waals surface area contributed by atoms with Crippen LogP contribution in [0.1, 0.15) is 23.7 Å². The van der Waals surface area contributed by atoms with Crippen LogP contribution in [0.3, 0.4) is 0 Å². The Bertz CT molecular complexity index is 1200. The molecule has 1 amide bonds. The van der Waals surface area contributed by atoms with Gasteiger partial charge in [0, 0.05) is 6.54 Å². The molecule has 0 fully saturated rings. The van der Waals surface area contributed by atoms with Crippen LogP contribution >= 0.6 is 11.3 Å². The minimum atomic E-state index is -3.58. The van der Waals surface area contributed by atoms with E-state index in [0.29, 0.717) is 35.1 Å². The molecule has 0 aliphatic heterocycles. The zero-order valence-corrected chi connectivity index (χ0v) is 21.1. The zero-order valence-electron chi connectivity index (χ0n) is 19.5. The standard InChI is InChI=1S/C23H29N3O5S2/c1-6-33(28,29)19-11-8-7-10-16(19)22(27)26(15-9-14-25(2)3)23-24-20-17(30-4)12-13-18(31-5)21(20)32-23/h7-8,10-13H,6,9,14-15H2,1-5H3. The number of amides is 1. The number of aromatic nitrogens is 1. The van der Waals surface area contributed by atoms with Gasteiger partial charge in [0.15, 0.2) is 15.0 Å². The highest BCUT2D eigenvalue weighted by molar-refractivity contribution is 7.91. The molecule has 10 heteroatoms. The van der Waals surface area contributed by atoms with E-state index < -0.39 is 15.7 Å². The highest BCUT2D eigenvalue weighted by Crippen LogP contribution is 2.40. The number of nitrogens with zero attached hydrogens (tertiary/aromatic N) is 3. The van der Waals surface area contributed by atoms with Crippen molar-refractivity contribution >= 4 is 42.4 Å². The number of sulfone groups is 1. The van der Waals surface area contributed by atoms with Crippen molar-refractivity contribution in [3.05, 3.63) is 42.0 Å². The summed E-state index contributed by atoms with van der Waals surface area (Å²) in [6.07, 6.45) is 0.686. The van der Waals surface area contributed by atoms with Gasteiger partial charge in [0.2, 0.25) is 0 Å². The summed E-state index contributed by atoms with van der Waals surface area (Å²) in [6, 6.07) is 9.90. The van der Waals surface area contributed by atoms with Crippen molar-refractivity contribution in [2.45, 2.75) is 18.2 Å². The van der Waals surface area contributed by atoms with Gasteiger partial charge in [-0.25, -0.2) is 13.4 Å². The summed E-state index contributed by atoms with van der Waals surface area (Å²) in [5.41, 5.74) is 0.735. The number of hydrogen-bond donors (Lipinski definition) is 0. The van der Waals surface area contributed by atoms with Crippen LogP contribution in [-0.4, -0.2) is 71.4 Å². The summed E-state index contributed by atoms with van der Waals surface area (Å²) < 4.78 is 37.0. The molecule has 0 aliphatic rings. The smallest absolute Gasteiger partial charge is 0.261 e. The Labute approximate surface area is 198 Å². The number of thiazole rings is 1. The first-order chi connectivity index (χ1) is 15.7. The van der Waals surface area contributed by atoms with E-state index in [-0.39, 0.29) is 16.2 Å². The topological polar surface area (TPSA) is 89.0 Å². The number of carbonyl (C=O) groups excluding carboxylic acids is 1. The largest absolute Gasteiger partial charge is 0.495 e. The fraction of sp³-hybridized carbons (Fsp3) is 0.391. The fourth-order valence-corrected chi connectivity index (χ4v) is 5.62. The van der Waals surface area contributed by atoms with Gasteiger partial charge in [-0.05, 0) is 51.3 Å². The van der Waals surface area contributed by atoms with Gasteiger partial charge in [0.1, 0.15) is 21.7 Å². The maximum absolute atomic E-state index is 13.7. The third-order valence-corrected chi connectivity index (χ3v) is 8.07. The summed E-state index contributed by atoms with van der Waals surface area (Å²) in [5.74, 6) is 0.707. The van der Waals surface area contributed by atoms with E-state index in [1.165, 1.54) is 17.4 Å². The molecule has 3 rings (SSSR count). The van der Waals surface area contributed by atoms with E-state index in [9.17, 15) is 13.2 Å². The Hall–Kier alpha value is -2.69. The molecule has 1 aromatic heterocycles.